The van der Waals surface area contributed by atoms with Crippen LogP contribution in [-0.4, -0.2) is 17.6 Å². The molecule has 0 heterocycles. The molecular formula is C11H12FNO2. The molecule has 80 valence electrons. The van der Waals surface area contributed by atoms with Crippen molar-refractivity contribution in [2.24, 2.45) is 11.1 Å². The molecule has 0 bridgehead atoms. The number of nitrogens with two attached hydrogens (primary N) is 1. The lowest BCUT2D eigenvalue weighted by Crippen LogP contribution is -2.26. The van der Waals surface area contributed by atoms with E-state index in [1.54, 1.807) is 12.1 Å². The monoisotopic (exact) mass is 209 g/mol. The highest BCUT2D eigenvalue weighted by Gasteiger charge is 2.59. The van der Waals surface area contributed by atoms with Crippen LogP contribution in [0.3, 0.4) is 0 Å². The molecule has 1 aromatic carbocycles. The van der Waals surface area contributed by atoms with Crippen molar-refractivity contribution in [1.29, 1.82) is 0 Å². The summed E-state index contributed by atoms with van der Waals surface area (Å²) in [4.78, 5) is 11.0. The van der Waals surface area contributed by atoms with Crippen LogP contribution in [0.2, 0.25) is 0 Å². The van der Waals surface area contributed by atoms with Gasteiger partial charge in [0.25, 0.3) is 0 Å². The van der Waals surface area contributed by atoms with E-state index in [2.05, 4.69) is 0 Å². The summed E-state index contributed by atoms with van der Waals surface area (Å²) in [5, 5.41) is 9.04. The summed E-state index contributed by atoms with van der Waals surface area (Å²) in [6, 6.07) is 5.94. The molecule has 0 saturated heterocycles. The van der Waals surface area contributed by atoms with Gasteiger partial charge in [-0.1, -0.05) is 12.1 Å². The molecule has 1 aromatic rings. The van der Waals surface area contributed by atoms with Gasteiger partial charge >= 0.3 is 5.97 Å². The zero-order chi connectivity index (χ0) is 11.1. The van der Waals surface area contributed by atoms with Crippen LogP contribution >= 0.6 is 0 Å². The van der Waals surface area contributed by atoms with E-state index < -0.39 is 11.4 Å². The second-order valence-corrected chi connectivity index (χ2v) is 3.97. The maximum absolute atomic E-state index is 12.7. The lowest BCUT2D eigenvalue weighted by molar-refractivity contribution is -0.143. The lowest BCUT2D eigenvalue weighted by atomic mass is 9.99. The van der Waals surface area contributed by atoms with Crippen molar-refractivity contribution >= 4 is 5.97 Å². The number of carbonyl (C=O) groups is 1. The number of halogens is 1. The summed E-state index contributed by atoms with van der Waals surface area (Å²) >= 11 is 0. The van der Waals surface area contributed by atoms with Gasteiger partial charge in [-0.25, -0.2) is 4.39 Å². The average Bonchev–Trinajstić information content (AvgIpc) is 2.95. The smallest absolute Gasteiger partial charge is 0.311 e. The van der Waals surface area contributed by atoms with Gasteiger partial charge in [-0.3, -0.25) is 4.79 Å². The number of benzene rings is 1. The highest BCUT2D eigenvalue weighted by atomic mass is 19.1. The number of carboxylic acid groups (broad SMARTS) is 1. The van der Waals surface area contributed by atoms with Gasteiger partial charge < -0.3 is 10.8 Å². The quantitative estimate of drug-likeness (QED) is 0.789. The third-order valence-electron chi connectivity index (χ3n) is 3.14. The first-order valence-corrected chi connectivity index (χ1v) is 4.79. The number of hydrogen-bond acceptors (Lipinski definition) is 2. The standard InChI is InChI=1S/C11H12FNO2/c12-8-3-1-7(2-4-8)9-5-11(9,6-13)10(14)15/h1-4,9H,5-6,13H2,(H,14,15). The van der Waals surface area contributed by atoms with Crippen molar-refractivity contribution in [2.45, 2.75) is 12.3 Å². The second-order valence-electron chi connectivity index (χ2n) is 3.97. The molecule has 1 aliphatic carbocycles. The van der Waals surface area contributed by atoms with Crippen LogP contribution in [0, 0.1) is 11.2 Å². The van der Waals surface area contributed by atoms with E-state index in [0.29, 0.717) is 6.42 Å². The Morgan fingerprint density at radius 2 is 2.13 bits per heavy atom. The predicted octanol–water partition coefficient (Wildman–Crippen LogP) is 1.34. The average molecular weight is 209 g/mol. The molecule has 0 radical (unpaired) electrons. The van der Waals surface area contributed by atoms with Gasteiger partial charge in [0.2, 0.25) is 0 Å². The molecule has 3 nitrogen and oxygen atoms in total. The summed E-state index contributed by atoms with van der Waals surface area (Å²) in [6.07, 6.45) is 0.546. The first-order valence-electron chi connectivity index (χ1n) is 4.79. The van der Waals surface area contributed by atoms with Crippen molar-refractivity contribution in [3.8, 4) is 0 Å². The largest absolute Gasteiger partial charge is 0.481 e. The summed E-state index contributed by atoms with van der Waals surface area (Å²) in [5.41, 5.74) is 5.50. The predicted molar refractivity (Wildman–Crippen MR) is 52.9 cm³/mol. The lowest BCUT2D eigenvalue weighted by Gasteiger charge is -2.08. The Morgan fingerprint density at radius 1 is 1.53 bits per heavy atom. The molecule has 2 atom stereocenters. The van der Waals surface area contributed by atoms with E-state index in [9.17, 15) is 9.18 Å². The first-order chi connectivity index (χ1) is 7.10. The van der Waals surface area contributed by atoms with Crippen molar-refractivity contribution in [2.75, 3.05) is 6.54 Å². The summed E-state index contributed by atoms with van der Waals surface area (Å²) in [6.45, 7) is 0.129. The van der Waals surface area contributed by atoms with E-state index >= 15 is 0 Å². The maximum atomic E-state index is 12.7. The minimum Gasteiger partial charge on any atom is -0.481 e. The zero-order valence-electron chi connectivity index (χ0n) is 8.11. The number of hydrogen-bond donors (Lipinski definition) is 2. The maximum Gasteiger partial charge on any atom is 0.311 e. The fourth-order valence-electron chi connectivity index (χ4n) is 1.99. The Hall–Kier alpha value is -1.42. The van der Waals surface area contributed by atoms with Crippen LogP contribution in [0.1, 0.15) is 17.9 Å². The first kappa shape index (κ1) is 10.1. The molecule has 1 aliphatic rings. The minimum atomic E-state index is -0.862. The van der Waals surface area contributed by atoms with Gasteiger partial charge in [0.1, 0.15) is 5.82 Å². The third kappa shape index (κ3) is 1.51. The molecule has 0 spiro atoms. The van der Waals surface area contributed by atoms with Gasteiger partial charge in [0, 0.05) is 12.5 Å². The van der Waals surface area contributed by atoms with Crippen LogP contribution < -0.4 is 5.73 Å². The van der Waals surface area contributed by atoms with E-state index in [-0.39, 0.29) is 18.3 Å². The number of aliphatic carboxylic acids is 1. The van der Waals surface area contributed by atoms with E-state index in [1.165, 1.54) is 12.1 Å². The van der Waals surface area contributed by atoms with Gasteiger partial charge in [0.15, 0.2) is 0 Å². The van der Waals surface area contributed by atoms with Gasteiger partial charge in [-0.15, -0.1) is 0 Å². The topological polar surface area (TPSA) is 63.3 Å². The molecule has 2 unspecified atom stereocenters. The fraction of sp³-hybridized carbons (Fsp3) is 0.364. The fourth-order valence-corrected chi connectivity index (χ4v) is 1.99. The van der Waals surface area contributed by atoms with E-state index in [1.807, 2.05) is 0 Å². The molecule has 0 aromatic heterocycles. The Morgan fingerprint density at radius 3 is 2.53 bits per heavy atom. The zero-order valence-corrected chi connectivity index (χ0v) is 8.11. The van der Waals surface area contributed by atoms with E-state index in [0.717, 1.165) is 5.56 Å². The van der Waals surface area contributed by atoms with Crippen LogP contribution in [0.5, 0.6) is 0 Å². The Kier molecular flexibility index (Phi) is 2.23. The Balaban J connectivity index is 2.22. The van der Waals surface area contributed by atoms with Crippen molar-refractivity contribution in [3.05, 3.63) is 35.6 Å². The Labute approximate surface area is 86.7 Å². The normalized spacial score (nSPS) is 28.8. The summed E-state index contributed by atoms with van der Waals surface area (Å²) in [7, 11) is 0. The van der Waals surface area contributed by atoms with Crippen LogP contribution in [0.25, 0.3) is 0 Å². The van der Waals surface area contributed by atoms with Crippen molar-refractivity contribution in [3.63, 3.8) is 0 Å². The van der Waals surface area contributed by atoms with Crippen molar-refractivity contribution in [1.82, 2.24) is 0 Å². The number of rotatable bonds is 3. The minimum absolute atomic E-state index is 0.0689. The molecule has 1 fully saturated rings. The highest BCUT2D eigenvalue weighted by molar-refractivity contribution is 5.80. The summed E-state index contributed by atoms with van der Waals surface area (Å²) < 4.78 is 12.7. The molecular weight excluding hydrogens is 197 g/mol. The Bertz CT molecular complexity index is 390. The third-order valence-corrected chi connectivity index (χ3v) is 3.14. The molecule has 2 rings (SSSR count). The SMILES string of the molecule is NCC1(C(=O)O)CC1c1ccc(F)cc1. The van der Waals surface area contributed by atoms with Gasteiger partial charge in [-0.2, -0.15) is 0 Å². The summed E-state index contributed by atoms with van der Waals surface area (Å²) in [5.74, 6) is -1.24. The van der Waals surface area contributed by atoms with Gasteiger partial charge in [0.05, 0.1) is 5.41 Å². The van der Waals surface area contributed by atoms with E-state index in [4.69, 9.17) is 10.8 Å². The molecule has 3 N–H and O–H groups in total. The van der Waals surface area contributed by atoms with Crippen LogP contribution in [0.15, 0.2) is 24.3 Å². The van der Waals surface area contributed by atoms with Crippen LogP contribution in [-0.2, 0) is 4.79 Å². The van der Waals surface area contributed by atoms with Crippen molar-refractivity contribution < 1.29 is 14.3 Å². The molecule has 4 heteroatoms. The van der Waals surface area contributed by atoms with Crippen LogP contribution in [0.4, 0.5) is 4.39 Å². The van der Waals surface area contributed by atoms with Gasteiger partial charge in [-0.05, 0) is 24.1 Å². The molecule has 1 saturated carbocycles. The molecule has 0 aliphatic heterocycles. The number of carboxylic acids is 1. The molecule has 0 amide bonds. The highest BCUT2D eigenvalue weighted by Crippen LogP contribution is 2.58. The second kappa shape index (κ2) is 3.31. The molecule has 15 heavy (non-hydrogen) atoms.